The van der Waals surface area contributed by atoms with Gasteiger partial charge in [-0.05, 0) is 36.8 Å². The number of hydrogen-bond acceptors (Lipinski definition) is 2. The minimum atomic E-state index is -2.85. The Bertz CT molecular complexity index is 474. The predicted octanol–water partition coefficient (Wildman–Crippen LogP) is 3.72. The van der Waals surface area contributed by atoms with Crippen LogP contribution in [0.5, 0.6) is 0 Å². The quantitative estimate of drug-likeness (QED) is 0.700. The zero-order valence-corrected chi connectivity index (χ0v) is 13.6. The van der Waals surface area contributed by atoms with Crippen LogP contribution in [0.1, 0.15) is 18.4 Å². The van der Waals surface area contributed by atoms with E-state index >= 15 is 0 Å². The molecule has 0 fully saturated rings. The van der Waals surface area contributed by atoms with E-state index in [1.165, 1.54) is 6.26 Å². The van der Waals surface area contributed by atoms with E-state index in [1.54, 1.807) is 0 Å². The molecular formula is C13H18BrClO2S. The standard InChI is InChI=1S/C13H18BrClO2S/c1-18(16,17)8-4-5-11(10-14)9-12-6-2-3-7-13(12)15/h2-3,6-7,11H,4-5,8-10H2,1H3. The summed E-state index contributed by atoms with van der Waals surface area (Å²) < 4.78 is 22.2. The maximum atomic E-state index is 11.1. The van der Waals surface area contributed by atoms with Crippen molar-refractivity contribution < 1.29 is 8.42 Å². The minimum Gasteiger partial charge on any atom is -0.229 e. The molecule has 0 N–H and O–H groups in total. The molecule has 2 nitrogen and oxygen atoms in total. The first-order chi connectivity index (χ1) is 8.42. The first-order valence-electron chi connectivity index (χ1n) is 5.89. The molecular weight excluding hydrogens is 336 g/mol. The fraction of sp³-hybridized carbons (Fsp3) is 0.538. The summed E-state index contributed by atoms with van der Waals surface area (Å²) in [5.41, 5.74) is 1.13. The van der Waals surface area contributed by atoms with Gasteiger partial charge in [-0.15, -0.1) is 0 Å². The summed E-state index contributed by atoms with van der Waals surface area (Å²) in [6, 6.07) is 7.80. The average molecular weight is 354 g/mol. The molecule has 1 aromatic rings. The molecule has 0 aliphatic rings. The largest absolute Gasteiger partial charge is 0.229 e. The second-order valence-electron chi connectivity index (χ2n) is 4.59. The Morgan fingerprint density at radius 3 is 2.56 bits per heavy atom. The smallest absolute Gasteiger partial charge is 0.147 e. The molecule has 0 saturated heterocycles. The van der Waals surface area contributed by atoms with Gasteiger partial charge in [0, 0.05) is 22.4 Å². The minimum absolute atomic E-state index is 0.263. The van der Waals surface area contributed by atoms with E-state index in [0.29, 0.717) is 12.3 Å². The molecule has 5 heteroatoms. The molecule has 0 radical (unpaired) electrons. The summed E-state index contributed by atoms with van der Waals surface area (Å²) in [4.78, 5) is 0. The van der Waals surface area contributed by atoms with Gasteiger partial charge in [0.2, 0.25) is 0 Å². The monoisotopic (exact) mass is 352 g/mol. The van der Waals surface area contributed by atoms with E-state index in [9.17, 15) is 8.42 Å². The summed E-state index contributed by atoms with van der Waals surface area (Å²) in [6.45, 7) is 0. The number of alkyl halides is 1. The number of hydrogen-bond donors (Lipinski definition) is 0. The van der Waals surface area contributed by atoms with Crippen molar-refractivity contribution in [2.24, 2.45) is 5.92 Å². The Morgan fingerprint density at radius 1 is 1.33 bits per heavy atom. The Labute approximate surface area is 123 Å². The van der Waals surface area contributed by atoms with Crippen molar-refractivity contribution in [3.8, 4) is 0 Å². The molecule has 1 rings (SSSR count). The van der Waals surface area contributed by atoms with Crippen LogP contribution in [0.2, 0.25) is 5.02 Å². The highest BCUT2D eigenvalue weighted by atomic mass is 79.9. The highest BCUT2D eigenvalue weighted by molar-refractivity contribution is 9.09. The molecule has 18 heavy (non-hydrogen) atoms. The van der Waals surface area contributed by atoms with Crippen molar-refractivity contribution in [2.45, 2.75) is 19.3 Å². The first-order valence-corrected chi connectivity index (χ1v) is 9.45. The fourth-order valence-electron chi connectivity index (χ4n) is 1.84. The number of sulfone groups is 1. The van der Waals surface area contributed by atoms with Gasteiger partial charge in [0.15, 0.2) is 0 Å². The van der Waals surface area contributed by atoms with E-state index in [1.807, 2.05) is 24.3 Å². The third kappa shape index (κ3) is 6.21. The molecule has 0 heterocycles. The van der Waals surface area contributed by atoms with Gasteiger partial charge in [0.1, 0.15) is 9.84 Å². The topological polar surface area (TPSA) is 34.1 Å². The van der Waals surface area contributed by atoms with Crippen LogP contribution in [0.15, 0.2) is 24.3 Å². The van der Waals surface area contributed by atoms with Gasteiger partial charge < -0.3 is 0 Å². The molecule has 0 aliphatic heterocycles. The number of benzene rings is 1. The maximum absolute atomic E-state index is 11.1. The van der Waals surface area contributed by atoms with Crippen molar-refractivity contribution in [2.75, 3.05) is 17.3 Å². The lowest BCUT2D eigenvalue weighted by molar-refractivity contribution is 0.529. The Morgan fingerprint density at radius 2 is 2.00 bits per heavy atom. The Hall–Kier alpha value is -0.0600. The molecule has 1 unspecified atom stereocenters. The van der Waals surface area contributed by atoms with Crippen molar-refractivity contribution >= 4 is 37.4 Å². The van der Waals surface area contributed by atoms with Crippen LogP contribution in [-0.2, 0) is 16.3 Å². The van der Waals surface area contributed by atoms with E-state index < -0.39 is 9.84 Å². The Balaban J connectivity index is 2.50. The van der Waals surface area contributed by atoms with Crippen LogP contribution < -0.4 is 0 Å². The zero-order chi connectivity index (χ0) is 13.6. The van der Waals surface area contributed by atoms with Gasteiger partial charge in [-0.25, -0.2) is 8.42 Å². The van der Waals surface area contributed by atoms with Crippen LogP contribution in [0.25, 0.3) is 0 Å². The molecule has 0 amide bonds. The van der Waals surface area contributed by atoms with Crippen molar-refractivity contribution in [3.05, 3.63) is 34.9 Å². The average Bonchev–Trinajstić information content (AvgIpc) is 2.29. The number of halogens is 2. The lowest BCUT2D eigenvalue weighted by Gasteiger charge is -2.14. The SMILES string of the molecule is CS(=O)(=O)CCCC(CBr)Cc1ccccc1Cl. The maximum Gasteiger partial charge on any atom is 0.147 e. The highest BCUT2D eigenvalue weighted by Gasteiger charge is 2.12. The van der Waals surface area contributed by atoms with Gasteiger partial charge in [-0.3, -0.25) is 0 Å². The van der Waals surface area contributed by atoms with Gasteiger partial charge in [0.25, 0.3) is 0 Å². The summed E-state index contributed by atoms with van der Waals surface area (Å²) in [6.07, 6.45) is 3.77. The summed E-state index contributed by atoms with van der Waals surface area (Å²) >= 11 is 9.61. The van der Waals surface area contributed by atoms with E-state index in [-0.39, 0.29) is 5.75 Å². The summed E-state index contributed by atoms with van der Waals surface area (Å²) in [5, 5.41) is 1.65. The Kier molecular flexibility index (Phi) is 6.67. The summed E-state index contributed by atoms with van der Waals surface area (Å²) in [5.74, 6) is 0.686. The predicted molar refractivity (Wildman–Crippen MR) is 81.4 cm³/mol. The highest BCUT2D eigenvalue weighted by Crippen LogP contribution is 2.22. The second-order valence-corrected chi connectivity index (χ2v) is 7.90. The molecule has 1 aromatic carbocycles. The van der Waals surface area contributed by atoms with Crippen LogP contribution >= 0.6 is 27.5 Å². The molecule has 1 atom stereocenters. The van der Waals surface area contributed by atoms with Crippen LogP contribution in [0, 0.1) is 5.92 Å². The third-order valence-corrected chi connectivity index (χ3v) is 5.13. The normalized spacial score (nSPS) is 13.5. The zero-order valence-electron chi connectivity index (χ0n) is 10.4. The van der Waals surface area contributed by atoms with E-state index in [4.69, 9.17) is 11.6 Å². The van der Waals surface area contributed by atoms with E-state index in [0.717, 1.165) is 28.8 Å². The molecule has 0 saturated carbocycles. The fourth-order valence-corrected chi connectivity index (χ4v) is 3.30. The molecule has 0 aromatic heterocycles. The van der Waals surface area contributed by atoms with Crippen molar-refractivity contribution in [1.82, 2.24) is 0 Å². The number of rotatable bonds is 7. The van der Waals surface area contributed by atoms with Gasteiger partial charge in [-0.2, -0.15) is 0 Å². The lowest BCUT2D eigenvalue weighted by Crippen LogP contribution is -2.10. The van der Waals surface area contributed by atoms with Crippen molar-refractivity contribution in [1.29, 1.82) is 0 Å². The van der Waals surface area contributed by atoms with Gasteiger partial charge in [0.05, 0.1) is 0 Å². The molecule has 0 bridgehead atoms. The molecule has 0 aliphatic carbocycles. The molecule has 102 valence electrons. The van der Waals surface area contributed by atoms with Crippen LogP contribution in [0.4, 0.5) is 0 Å². The van der Waals surface area contributed by atoms with Crippen LogP contribution in [0.3, 0.4) is 0 Å². The van der Waals surface area contributed by atoms with Gasteiger partial charge >= 0.3 is 0 Å². The lowest BCUT2D eigenvalue weighted by atomic mass is 9.97. The summed E-state index contributed by atoms with van der Waals surface area (Å²) in [7, 11) is -2.85. The third-order valence-electron chi connectivity index (χ3n) is 2.81. The van der Waals surface area contributed by atoms with Gasteiger partial charge in [-0.1, -0.05) is 45.7 Å². The first kappa shape index (κ1) is 16.0. The van der Waals surface area contributed by atoms with Crippen LogP contribution in [-0.4, -0.2) is 25.8 Å². The van der Waals surface area contributed by atoms with Crippen molar-refractivity contribution in [3.63, 3.8) is 0 Å². The van der Waals surface area contributed by atoms with E-state index in [2.05, 4.69) is 15.9 Å². The molecule has 0 spiro atoms. The second kappa shape index (κ2) is 7.51.